The number of imidazole rings is 1. The molecule has 1 amide bonds. The largest absolute Gasteiger partial charge is 0.454 e. The van der Waals surface area contributed by atoms with Crippen LogP contribution in [0.25, 0.3) is 11.0 Å². The fourth-order valence-electron chi connectivity index (χ4n) is 3.64. The van der Waals surface area contributed by atoms with Gasteiger partial charge in [0.05, 0.1) is 11.0 Å². The highest BCUT2D eigenvalue weighted by atomic mass is 19.4. The second-order valence-corrected chi connectivity index (χ2v) is 7.28. The van der Waals surface area contributed by atoms with Crippen LogP contribution in [0.5, 0.6) is 0 Å². The minimum Gasteiger partial charge on any atom is -0.454 e. The molecule has 3 rings (SSSR count). The molecule has 0 atom stereocenters. The average molecular weight is 411 g/mol. The molecule has 0 saturated heterocycles. The zero-order chi connectivity index (χ0) is 20.9. The molecule has 9 heteroatoms. The van der Waals surface area contributed by atoms with Crippen molar-refractivity contribution in [1.82, 2.24) is 14.9 Å². The number of amides is 1. The molecular weight excluding hydrogens is 387 g/mol. The molecule has 1 N–H and O–H groups in total. The molecule has 158 valence electrons. The Bertz CT molecular complexity index is 856. The van der Waals surface area contributed by atoms with E-state index in [4.69, 9.17) is 4.74 Å². The Kier molecular flexibility index (Phi) is 6.76. The van der Waals surface area contributed by atoms with Crippen LogP contribution in [0.15, 0.2) is 24.3 Å². The van der Waals surface area contributed by atoms with E-state index in [0.717, 1.165) is 43.1 Å². The van der Waals surface area contributed by atoms with Gasteiger partial charge in [0.2, 0.25) is 5.82 Å². The molecule has 2 aromatic rings. The summed E-state index contributed by atoms with van der Waals surface area (Å²) in [4.78, 5) is 27.8. The van der Waals surface area contributed by atoms with Crippen LogP contribution in [0.1, 0.15) is 50.8 Å². The van der Waals surface area contributed by atoms with Gasteiger partial charge in [0.25, 0.3) is 5.91 Å². The predicted molar refractivity (Wildman–Crippen MR) is 99.9 cm³/mol. The molecule has 0 spiro atoms. The number of alkyl halides is 3. The minimum atomic E-state index is -4.71. The maximum atomic E-state index is 13.3. The van der Waals surface area contributed by atoms with Crippen molar-refractivity contribution in [2.24, 2.45) is 0 Å². The molecule has 0 aliphatic heterocycles. The average Bonchev–Trinajstić information content (AvgIpc) is 3.01. The van der Waals surface area contributed by atoms with Crippen molar-refractivity contribution in [3.8, 4) is 0 Å². The molecule has 1 aromatic heterocycles. The number of esters is 1. The Labute approximate surface area is 166 Å². The van der Waals surface area contributed by atoms with Crippen LogP contribution in [-0.2, 0) is 27.0 Å². The van der Waals surface area contributed by atoms with Gasteiger partial charge in [0.15, 0.2) is 6.61 Å². The van der Waals surface area contributed by atoms with Gasteiger partial charge in [-0.1, -0.05) is 44.2 Å². The Balaban J connectivity index is 1.59. The predicted octanol–water partition coefficient (Wildman–Crippen LogP) is 3.83. The van der Waals surface area contributed by atoms with Gasteiger partial charge in [-0.2, -0.15) is 13.2 Å². The zero-order valence-corrected chi connectivity index (χ0v) is 16.0. The highest BCUT2D eigenvalue weighted by Gasteiger charge is 2.38. The van der Waals surface area contributed by atoms with Crippen LogP contribution in [-0.4, -0.2) is 34.1 Å². The number of hydrogen-bond acceptors (Lipinski definition) is 4. The van der Waals surface area contributed by atoms with E-state index >= 15 is 0 Å². The van der Waals surface area contributed by atoms with Crippen molar-refractivity contribution < 1.29 is 27.5 Å². The van der Waals surface area contributed by atoms with E-state index in [0.29, 0.717) is 0 Å². The summed E-state index contributed by atoms with van der Waals surface area (Å²) < 4.78 is 45.5. The highest BCUT2D eigenvalue weighted by Crippen LogP contribution is 2.31. The normalized spacial score (nSPS) is 16.2. The molecule has 6 nitrogen and oxygen atoms in total. The fraction of sp³-hybridized carbons (Fsp3) is 0.550. The third-order valence-corrected chi connectivity index (χ3v) is 5.03. The smallest absolute Gasteiger partial charge is 0.449 e. The molecule has 1 aliphatic carbocycles. The van der Waals surface area contributed by atoms with Gasteiger partial charge in [-0.15, -0.1) is 0 Å². The van der Waals surface area contributed by atoms with Gasteiger partial charge >= 0.3 is 12.1 Å². The van der Waals surface area contributed by atoms with E-state index in [9.17, 15) is 22.8 Å². The second-order valence-electron chi connectivity index (χ2n) is 7.28. The summed E-state index contributed by atoms with van der Waals surface area (Å²) in [6.07, 6.45) is 2.63. The highest BCUT2D eigenvalue weighted by molar-refractivity contribution is 5.82. The number of fused-ring (bicyclic) bond motifs is 1. The topological polar surface area (TPSA) is 73.2 Å². The van der Waals surface area contributed by atoms with Crippen LogP contribution < -0.4 is 5.32 Å². The first-order valence-corrected chi connectivity index (χ1v) is 9.82. The summed E-state index contributed by atoms with van der Waals surface area (Å²) in [6, 6.07) is 6.07. The van der Waals surface area contributed by atoms with Gasteiger partial charge in [0.1, 0.15) is 6.54 Å². The maximum absolute atomic E-state index is 13.3. The first-order valence-electron chi connectivity index (χ1n) is 9.82. The lowest BCUT2D eigenvalue weighted by molar-refractivity contribution is -0.153. The number of carbonyl (C=O) groups is 2. The third-order valence-electron chi connectivity index (χ3n) is 5.03. The number of aromatic nitrogens is 2. The van der Waals surface area contributed by atoms with Crippen molar-refractivity contribution in [3.05, 3.63) is 30.1 Å². The Hall–Kier alpha value is -2.58. The van der Waals surface area contributed by atoms with Crippen molar-refractivity contribution in [3.63, 3.8) is 0 Å². The molecule has 1 heterocycles. The second kappa shape index (κ2) is 9.28. The van der Waals surface area contributed by atoms with E-state index < -0.39 is 37.0 Å². The standard InChI is InChI=1S/C20H24F3N3O3/c21-20(22,23)19-25-15-10-6-7-11-16(15)26(19)12-18(28)29-13-17(27)24-14-8-4-2-1-3-5-9-14/h6-7,10-11,14H,1-5,8-9,12-13H2,(H,24,27). The lowest BCUT2D eigenvalue weighted by atomic mass is 9.97. The van der Waals surface area contributed by atoms with Crippen LogP contribution in [0.2, 0.25) is 0 Å². The molecule has 1 saturated carbocycles. The number of nitrogens with one attached hydrogen (secondary N) is 1. The monoisotopic (exact) mass is 411 g/mol. The number of para-hydroxylation sites is 2. The maximum Gasteiger partial charge on any atom is 0.449 e. The Morgan fingerprint density at radius 1 is 1.10 bits per heavy atom. The van der Waals surface area contributed by atoms with E-state index in [1.54, 1.807) is 12.1 Å². The quantitative estimate of drug-likeness (QED) is 0.759. The SMILES string of the molecule is O=C(COC(=O)Cn1c(C(F)(F)F)nc2ccccc21)NC1CCCCCCC1. The van der Waals surface area contributed by atoms with Gasteiger partial charge in [-0.25, -0.2) is 4.98 Å². The number of halogens is 3. The van der Waals surface area contributed by atoms with Gasteiger partial charge in [-0.05, 0) is 25.0 Å². The summed E-state index contributed by atoms with van der Waals surface area (Å²) in [5.41, 5.74) is 0.311. The summed E-state index contributed by atoms with van der Waals surface area (Å²) in [5.74, 6) is -2.53. The summed E-state index contributed by atoms with van der Waals surface area (Å²) in [5, 5.41) is 2.85. The fourth-order valence-corrected chi connectivity index (χ4v) is 3.64. The molecular formula is C20H24F3N3O3. The first kappa shape index (κ1) is 21.1. The third kappa shape index (κ3) is 5.71. The number of rotatable bonds is 5. The van der Waals surface area contributed by atoms with Crippen LogP contribution in [0.4, 0.5) is 13.2 Å². The minimum absolute atomic E-state index is 0.0518. The molecule has 0 bridgehead atoms. The van der Waals surface area contributed by atoms with E-state index in [2.05, 4.69) is 10.3 Å². The lowest BCUT2D eigenvalue weighted by Gasteiger charge is -2.21. The molecule has 1 aliphatic rings. The number of ether oxygens (including phenoxy) is 1. The Morgan fingerprint density at radius 2 is 1.76 bits per heavy atom. The number of nitrogens with zero attached hydrogens (tertiary/aromatic N) is 2. The van der Waals surface area contributed by atoms with Gasteiger partial charge in [-0.3, -0.25) is 9.59 Å². The van der Waals surface area contributed by atoms with Crippen molar-refractivity contribution in [2.45, 2.75) is 63.7 Å². The van der Waals surface area contributed by atoms with Gasteiger partial charge in [0, 0.05) is 6.04 Å². The molecule has 29 heavy (non-hydrogen) atoms. The molecule has 0 radical (unpaired) electrons. The van der Waals surface area contributed by atoms with Crippen LogP contribution in [0, 0.1) is 0 Å². The number of hydrogen-bond donors (Lipinski definition) is 1. The van der Waals surface area contributed by atoms with E-state index in [1.807, 2.05) is 0 Å². The van der Waals surface area contributed by atoms with Crippen molar-refractivity contribution in [1.29, 1.82) is 0 Å². The van der Waals surface area contributed by atoms with Gasteiger partial charge < -0.3 is 14.6 Å². The van der Waals surface area contributed by atoms with E-state index in [1.165, 1.54) is 18.6 Å². The molecule has 1 aromatic carbocycles. The van der Waals surface area contributed by atoms with Crippen molar-refractivity contribution >= 4 is 22.9 Å². The number of benzene rings is 1. The molecule has 1 fully saturated rings. The lowest BCUT2D eigenvalue weighted by Crippen LogP contribution is -2.38. The zero-order valence-electron chi connectivity index (χ0n) is 16.0. The molecule has 0 unspecified atom stereocenters. The summed E-state index contributed by atoms with van der Waals surface area (Å²) >= 11 is 0. The van der Waals surface area contributed by atoms with Crippen LogP contribution >= 0.6 is 0 Å². The summed E-state index contributed by atoms with van der Waals surface area (Å²) in [7, 11) is 0. The number of carbonyl (C=O) groups excluding carboxylic acids is 2. The Morgan fingerprint density at radius 3 is 2.45 bits per heavy atom. The first-order chi connectivity index (χ1) is 13.8. The summed E-state index contributed by atoms with van der Waals surface area (Å²) in [6.45, 7) is -1.19. The van der Waals surface area contributed by atoms with E-state index in [-0.39, 0.29) is 17.1 Å². The van der Waals surface area contributed by atoms with Crippen molar-refractivity contribution in [2.75, 3.05) is 6.61 Å². The van der Waals surface area contributed by atoms with Crippen LogP contribution in [0.3, 0.4) is 0 Å².